The number of carbonyl (C=O) groups excluding carboxylic acids is 3. The van der Waals surface area contributed by atoms with Gasteiger partial charge in [-0.1, -0.05) is 48.5 Å². The van der Waals surface area contributed by atoms with Gasteiger partial charge in [-0.15, -0.1) is 0 Å². The molecule has 0 saturated carbocycles. The van der Waals surface area contributed by atoms with E-state index in [-0.39, 0.29) is 28.5 Å². The lowest BCUT2D eigenvalue weighted by Gasteiger charge is -2.24. The highest BCUT2D eigenvalue weighted by atomic mass is 19.4. The molecule has 3 heterocycles. The average Bonchev–Trinajstić information content (AvgIpc) is 3.13. The van der Waals surface area contributed by atoms with Gasteiger partial charge in [0.25, 0.3) is 17.7 Å². The smallest absolute Gasteiger partial charge is 0.339 e. The second-order valence-corrected chi connectivity index (χ2v) is 11.4. The Kier molecular flexibility index (Phi) is 9.61. The van der Waals surface area contributed by atoms with Crippen molar-refractivity contribution in [2.24, 2.45) is 0 Å². The van der Waals surface area contributed by atoms with E-state index < -0.39 is 29.6 Å². The molecule has 12 heteroatoms. The summed E-state index contributed by atoms with van der Waals surface area (Å²) in [5, 5.41) is 6.15. The molecular formula is C38H29F3N6O3. The van der Waals surface area contributed by atoms with Crippen molar-refractivity contribution in [3.8, 4) is 11.3 Å². The van der Waals surface area contributed by atoms with Gasteiger partial charge >= 0.3 is 6.18 Å². The normalized spacial score (nSPS) is 11.8. The van der Waals surface area contributed by atoms with E-state index in [9.17, 15) is 27.6 Å². The summed E-state index contributed by atoms with van der Waals surface area (Å²) < 4.78 is 39.2. The fourth-order valence-electron chi connectivity index (χ4n) is 5.33. The number of hydrogen-bond donors (Lipinski definition) is 2. The molecule has 9 nitrogen and oxygen atoms in total. The largest absolute Gasteiger partial charge is 0.416 e. The number of nitrogens with zero attached hydrogens (tertiary/aromatic N) is 4. The Bertz CT molecular complexity index is 2160. The van der Waals surface area contributed by atoms with Gasteiger partial charge in [-0.05, 0) is 72.3 Å². The lowest BCUT2D eigenvalue weighted by molar-refractivity contribution is -0.137. The van der Waals surface area contributed by atoms with E-state index in [2.05, 4.69) is 25.6 Å². The summed E-state index contributed by atoms with van der Waals surface area (Å²) in [7, 11) is 1.67. The molecule has 2 N–H and O–H groups in total. The minimum absolute atomic E-state index is 0.146. The lowest BCUT2D eigenvalue weighted by atomic mass is 10.0. The zero-order valence-corrected chi connectivity index (χ0v) is 26.6. The van der Waals surface area contributed by atoms with Gasteiger partial charge in [0, 0.05) is 42.5 Å². The van der Waals surface area contributed by atoms with Gasteiger partial charge in [-0.25, -0.2) is 4.98 Å². The monoisotopic (exact) mass is 674 g/mol. The molecule has 3 amide bonds. The average molecular weight is 675 g/mol. The Labute approximate surface area is 284 Å². The van der Waals surface area contributed by atoms with E-state index in [4.69, 9.17) is 0 Å². The number of fused-ring (bicyclic) bond motifs is 1. The number of halogens is 3. The number of rotatable bonds is 9. The van der Waals surface area contributed by atoms with Crippen LogP contribution in [0.25, 0.3) is 22.2 Å². The molecule has 0 radical (unpaired) electrons. The van der Waals surface area contributed by atoms with E-state index in [0.29, 0.717) is 28.7 Å². The number of alkyl halides is 3. The molecule has 0 aliphatic heterocycles. The van der Waals surface area contributed by atoms with E-state index >= 15 is 0 Å². The van der Waals surface area contributed by atoms with Crippen LogP contribution >= 0.6 is 0 Å². The minimum Gasteiger partial charge on any atom is -0.339 e. The topological polar surface area (TPSA) is 117 Å². The summed E-state index contributed by atoms with van der Waals surface area (Å²) >= 11 is 0. The summed E-state index contributed by atoms with van der Waals surface area (Å²) in [5.74, 6) is -1.17. The van der Waals surface area contributed by atoms with Crippen molar-refractivity contribution in [1.82, 2.24) is 25.2 Å². The van der Waals surface area contributed by atoms with Crippen molar-refractivity contribution in [2.45, 2.75) is 18.8 Å². The summed E-state index contributed by atoms with van der Waals surface area (Å²) in [4.78, 5) is 55.0. The number of hydrogen-bond acceptors (Lipinski definition) is 6. The predicted molar refractivity (Wildman–Crippen MR) is 182 cm³/mol. The van der Waals surface area contributed by atoms with Gasteiger partial charge in [-0.2, -0.15) is 13.2 Å². The van der Waals surface area contributed by atoms with Crippen LogP contribution in [0.3, 0.4) is 0 Å². The van der Waals surface area contributed by atoms with Crippen molar-refractivity contribution in [3.63, 3.8) is 0 Å². The maximum Gasteiger partial charge on any atom is 0.416 e. The first kappa shape index (κ1) is 33.5. The highest BCUT2D eigenvalue weighted by Gasteiger charge is 2.30. The molecule has 0 aliphatic rings. The van der Waals surface area contributed by atoms with E-state index in [0.717, 1.165) is 17.7 Å². The van der Waals surface area contributed by atoms with E-state index in [1.54, 1.807) is 67.8 Å². The van der Waals surface area contributed by atoms with Crippen LogP contribution in [-0.4, -0.2) is 44.6 Å². The summed E-state index contributed by atoms with van der Waals surface area (Å²) in [5.41, 5.74) is 1.99. The third-order valence-electron chi connectivity index (χ3n) is 7.88. The SMILES string of the molecule is CN(Cc1ccccc1)C(=O)[C@@H](NC(=O)c1ccc2nc(NC(=O)c3cccnc3-c3ccc(C(F)(F)F)cc3)ccc2c1)c1ccccn1. The number of anilines is 1. The summed E-state index contributed by atoms with van der Waals surface area (Å²) in [6.07, 6.45) is -1.49. The van der Waals surface area contributed by atoms with Gasteiger partial charge in [-0.3, -0.25) is 24.4 Å². The number of carbonyl (C=O) groups is 3. The molecule has 0 saturated heterocycles. The highest BCUT2D eigenvalue weighted by Crippen LogP contribution is 2.31. The van der Waals surface area contributed by atoms with Gasteiger partial charge in [0.05, 0.1) is 28.0 Å². The molecule has 0 fully saturated rings. The lowest BCUT2D eigenvalue weighted by Crippen LogP contribution is -2.41. The predicted octanol–water partition coefficient (Wildman–Crippen LogP) is 7.09. The van der Waals surface area contributed by atoms with Crippen molar-refractivity contribution < 1.29 is 27.6 Å². The van der Waals surface area contributed by atoms with Crippen LogP contribution in [0.2, 0.25) is 0 Å². The molecule has 3 aromatic carbocycles. The third kappa shape index (κ3) is 7.65. The van der Waals surface area contributed by atoms with Crippen LogP contribution < -0.4 is 10.6 Å². The molecule has 0 spiro atoms. The minimum atomic E-state index is -4.49. The number of benzene rings is 3. The Hall–Kier alpha value is -6.43. The molecular weight excluding hydrogens is 645 g/mol. The zero-order chi connectivity index (χ0) is 35.3. The summed E-state index contributed by atoms with van der Waals surface area (Å²) in [6, 6.07) is 29.1. The number of likely N-dealkylation sites (N-methyl/N-ethyl adjacent to an activating group) is 1. The van der Waals surface area contributed by atoms with Crippen LogP contribution in [0, 0.1) is 0 Å². The van der Waals surface area contributed by atoms with Gasteiger partial charge in [0.15, 0.2) is 6.04 Å². The maximum atomic E-state index is 13.6. The number of amides is 3. The number of pyridine rings is 3. The Morgan fingerprint density at radius 2 is 1.52 bits per heavy atom. The van der Waals surface area contributed by atoms with Crippen LogP contribution in [0.15, 0.2) is 128 Å². The molecule has 6 aromatic rings. The third-order valence-corrected chi connectivity index (χ3v) is 7.88. The Morgan fingerprint density at radius 3 is 2.24 bits per heavy atom. The molecule has 250 valence electrons. The van der Waals surface area contributed by atoms with Crippen LogP contribution in [-0.2, 0) is 17.5 Å². The number of nitrogens with one attached hydrogen (secondary N) is 2. The number of aromatic nitrogens is 3. The van der Waals surface area contributed by atoms with Crippen molar-refractivity contribution in [3.05, 3.63) is 156 Å². The first-order chi connectivity index (χ1) is 24.1. The molecule has 0 aliphatic carbocycles. The standard InChI is InChI=1S/C38H29F3N6O3/c1-47(23-24-8-3-2-4-9-24)37(50)34(31-11-5-6-20-42-31)46-35(48)27-14-18-30-26(22-27)15-19-32(44-30)45-36(49)29-10-7-21-43-33(29)25-12-16-28(17-13-25)38(39,40)41/h2-22,34H,23H2,1H3,(H,46,48)(H,44,45,49)/t34-/m0/s1. The molecule has 3 aromatic heterocycles. The maximum absolute atomic E-state index is 13.6. The Balaban J connectivity index is 1.18. The van der Waals surface area contributed by atoms with Crippen LogP contribution in [0.1, 0.15) is 43.6 Å². The Morgan fingerprint density at radius 1 is 0.780 bits per heavy atom. The van der Waals surface area contributed by atoms with Crippen molar-refractivity contribution in [1.29, 1.82) is 0 Å². The fraction of sp³-hybridized carbons (Fsp3) is 0.105. The van der Waals surface area contributed by atoms with Crippen molar-refractivity contribution in [2.75, 3.05) is 12.4 Å². The van der Waals surface area contributed by atoms with E-state index in [1.165, 1.54) is 29.3 Å². The van der Waals surface area contributed by atoms with E-state index in [1.807, 2.05) is 30.3 Å². The fourth-order valence-corrected chi connectivity index (χ4v) is 5.33. The van der Waals surface area contributed by atoms with Gasteiger partial charge < -0.3 is 15.5 Å². The quantitative estimate of drug-likeness (QED) is 0.169. The summed E-state index contributed by atoms with van der Waals surface area (Å²) in [6.45, 7) is 0.344. The van der Waals surface area contributed by atoms with Crippen LogP contribution in [0.4, 0.5) is 19.0 Å². The van der Waals surface area contributed by atoms with Gasteiger partial charge in [0.1, 0.15) is 5.82 Å². The molecule has 0 unspecified atom stereocenters. The second-order valence-electron chi connectivity index (χ2n) is 11.4. The molecule has 50 heavy (non-hydrogen) atoms. The first-order valence-electron chi connectivity index (χ1n) is 15.4. The van der Waals surface area contributed by atoms with Crippen LogP contribution in [0.5, 0.6) is 0 Å². The molecule has 0 bridgehead atoms. The van der Waals surface area contributed by atoms with Gasteiger partial charge in [0.2, 0.25) is 0 Å². The second kappa shape index (κ2) is 14.4. The first-order valence-corrected chi connectivity index (χ1v) is 15.4. The molecule has 1 atom stereocenters. The molecule has 6 rings (SSSR count). The highest BCUT2D eigenvalue weighted by molar-refractivity contribution is 6.08. The van der Waals surface area contributed by atoms with Crippen molar-refractivity contribution >= 4 is 34.4 Å². The zero-order valence-electron chi connectivity index (χ0n) is 26.6.